The van der Waals surface area contributed by atoms with Gasteiger partial charge in [0.25, 0.3) is 0 Å². The van der Waals surface area contributed by atoms with Crippen LogP contribution in [0.4, 0.5) is 0 Å². The van der Waals surface area contributed by atoms with Crippen LogP contribution in [-0.4, -0.2) is 22.9 Å². The van der Waals surface area contributed by atoms with Crippen molar-refractivity contribution in [3.8, 4) is 5.75 Å². The van der Waals surface area contributed by atoms with Gasteiger partial charge in [0.1, 0.15) is 5.75 Å². The molecule has 3 rings (SSSR count). The summed E-state index contributed by atoms with van der Waals surface area (Å²) < 4.78 is 5.19. The summed E-state index contributed by atoms with van der Waals surface area (Å²) in [7, 11) is 1.53. The van der Waals surface area contributed by atoms with E-state index in [4.69, 9.17) is 4.74 Å². The van der Waals surface area contributed by atoms with Crippen LogP contribution in [0.2, 0.25) is 0 Å². The van der Waals surface area contributed by atoms with Crippen molar-refractivity contribution in [2.75, 3.05) is 7.11 Å². The molecule has 5 heteroatoms. The first-order chi connectivity index (χ1) is 9.69. The van der Waals surface area contributed by atoms with E-state index in [1.165, 1.54) is 7.11 Å². The highest BCUT2D eigenvalue weighted by atomic mass is 16.5. The Bertz CT molecular complexity index is 845. The lowest BCUT2D eigenvalue weighted by atomic mass is 10.0. The largest absolute Gasteiger partial charge is 0.496 e. The van der Waals surface area contributed by atoms with E-state index in [0.29, 0.717) is 27.9 Å². The van der Waals surface area contributed by atoms with Gasteiger partial charge in [0.05, 0.1) is 23.7 Å². The van der Waals surface area contributed by atoms with E-state index < -0.39 is 0 Å². The molecule has 0 saturated carbocycles. The number of aromatic amines is 2. The second kappa shape index (κ2) is 4.70. The predicted octanol–water partition coefficient (Wildman–Crippen LogP) is 2.10. The van der Waals surface area contributed by atoms with Crippen LogP contribution in [0.3, 0.4) is 0 Å². The van der Waals surface area contributed by atoms with Crippen molar-refractivity contribution < 1.29 is 9.53 Å². The zero-order chi connectivity index (χ0) is 14.1. The van der Waals surface area contributed by atoms with E-state index in [9.17, 15) is 9.59 Å². The summed E-state index contributed by atoms with van der Waals surface area (Å²) in [5.74, 6) is 0.381. The van der Waals surface area contributed by atoms with Gasteiger partial charge in [-0.3, -0.25) is 4.79 Å². The lowest BCUT2D eigenvalue weighted by Gasteiger charge is -2.07. The Hall–Kier alpha value is -2.82. The molecule has 2 aromatic carbocycles. The summed E-state index contributed by atoms with van der Waals surface area (Å²) in [5, 5.41) is 0. The highest BCUT2D eigenvalue weighted by Crippen LogP contribution is 2.22. The van der Waals surface area contributed by atoms with Crippen molar-refractivity contribution >= 4 is 16.8 Å². The average molecular weight is 268 g/mol. The molecule has 0 bridgehead atoms. The van der Waals surface area contributed by atoms with Gasteiger partial charge in [0.15, 0.2) is 5.78 Å². The van der Waals surface area contributed by atoms with E-state index in [0.717, 1.165) is 0 Å². The third kappa shape index (κ3) is 1.99. The molecule has 0 atom stereocenters. The van der Waals surface area contributed by atoms with Gasteiger partial charge < -0.3 is 14.7 Å². The van der Waals surface area contributed by atoms with Gasteiger partial charge in [-0.15, -0.1) is 0 Å². The number of ether oxygens (including phenoxy) is 1. The van der Waals surface area contributed by atoms with Crippen LogP contribution in [0.15, 0.2) is 47.3 Å². The van der Waals surface area contributed by atoms with E-state index in [1.54, 1.807) is 36.4 Å². The van der Waals surface area contributed by atoms with Crippen LogP contribution in [0.25, 0.3) is 11.0 Å². The number of rotatable bonds is 3. The molecule has 1 heterocycles. The molecule has 1 aromatic heterocycles. The lowest BCUT2D eigenvalue weighted by Crippen LogP contribution is -2.03. The quantitative estimate of drug-likeness (QED) is 0.714. The SMILES string of the molecule is COc1ccccc1C(=O)c1ccc2[nH]c(=O)[nH]c2c1. The van der Waals surface area contributed by atoms with E-state index >= 15 is 0 Å². The number of carbonyl (C=O) groups is 1. The lowest BCUT2D eigenvalue weighted by molar-refractivity contribution is 0.103. The standard InChI is InChI=1S/C15H12N2O3/c1-20-13-5-3-2-4-10(13)14(18)9-6-7-11-12(8-9)17-15(19)16-11/h2-8H,1H3,(H2,16,17,19). The van der Waals surface area contributed by atoms with Gasteiger partial charge >= 0.3 is 5.69 Å². The van der Waals surface area contributed by atoms with Crippen molar-refractivity contribution in [3.63, 3.8) is 0 Å². The molecule has 0 aliphatic rings. The minimum Gasteiger partial charge on any atom is -0.496 e. The van der Waals surface area contributed by atoms with Gasteiger partial charge in [-0.1, -0.05) is 12.1 Å². The number of ketones is 1. The molecular formula is C15H12N2O3. The first-order valence-electron chi connectivity index (χ1n) is 6.09. The topological polar surface area (TPSA) is 75.0 Å². The van der Waals surface area contributed by atoms with Gasteiger partial charge in [-0.25, -0.2) is 4.79 Å². The Kier molecular flexibility index (Phi) is 2.87. The number of nitrogens with one attached hydrogen (secondary N) is 2. The maximum absolute atomic E-state index is 12.5. The Morgan fingerprint density at radius 1 is 1.05 bits per heavy atom. The van der Waals surface area contributed by atoms with E-state index in [-0.39, 0.29) is 11.5 Å². The van der Waals surface area contributed by atoms with E-state index in [1.807, 2.05) is 6.07 Å². The maximum atomic E-state index is 12.5. The first-order valence-corrected chi connectivity index (χ1v) is 6.09. The smallest absolute Gasteiger partial charge is 0.323 e. The molecule has 0 spiro atoms. The number of para-hydroxylation sites is 1. The zero-order valence-corrected chi connectivity index (χ0v) is 10.8. The minimum atomic E-state index is -0.290. The molecule has 0 fully saturated rings. The summed E-state index contributed by atoms with van der Waals surface area (Å²) in [6.07, 6.45) is 0. The fraction of sp³-hybridized carbons (Fsp3) is 0.0667. The Labute approximate surface area is 114 Å². The maximum Gasteiger partial charge on any atom is 0.323 e. The van der Waals surface area contributed by atoms with Gasteiger partial charge in [-0.05, 0) is 30.3 Å². The Morgan fingerprint density at radius 2 is 1.80 bits per heavy atom. The zero-order valence-electron chi connectivity index (χ0n) is 10.8. The number of hydrogen-bond donors (Lipinski definition) is 2. The molecule has 2 N–H and O–H groups in total. The molecule has 0 aliphatic carbocycles. The Balaban J connectivity index is 2.09. The van der Waals surface area contributed by atoms with Crippen LogP contribution >= 0.6 is 0 Å². The van der Waals surface area contributed by atoms with Crippen molar-refractivity contribution in [3.05, 3.63) is 64.1 Å². The molecule has 0 aliphatic heterocycles. The molecule has 0 amide bonds. The molecule has 20 heavy (non-hydrogen) atoms. The van der Waals surface area contributed by atoms with Crippen LogP contribution in [-0.2, 0) is 0 Å². The highest BCUT2D eigenvalue weighted by Gasteiger charge is 2.14. The summed E-state index contributed by atoms with van der Waals surface area (Å²) in [6, 6.07) is 12.1. The average Bonchev–Trinajstić information content (AvgIpc) is 2.85. The molecule has 0 radical (unpaired) electrons. The molecule has 3 aromatic rings. The predicted molar refractivity (Wildman–Crippen MR) is 75.3 cm³/mol. The van der Waals surface area contributed by atoms with E-state index in [2.05, 4.69) is 9.97 Å². The molecular weight excluding hydrogens is 256 g/mol. The number of carbonyl (C=O) groups excluding carboxylic acids is 1. The second-order valence-corrected chi connectivity index (χ2v) is 4.37. The van der Waals surface area contributed by atoms with Gasteiger partial charge in [0.2, 0.25) is 0 Å². The van der Waals surface area contributed by atoms with Crippen LogP contribution in [0.1, 0.15) is 15.9 Å². The van der Waals surface area contributed by atoms with Gasteiger partial charge in [0, 0.05) is 5.56 Å². The number of imidazole rings is 1. The second-order valence-electron chi connectivity index (χ2n) is 4.37. The fourth-order valence-electron chi connectivity index (χ4n) is 2.16. The number of H-pyrrole nitrogens is 2. The molecule has 5 nitrogen and oxygen atoms in total. The molecule has 0 saturated heterocycles. The number of benzene rings is 2. The Morgan fingerprint density at radius 3 is 2.60 bits per heavy atom. The third-order valence-corrected chi connectivity index (χ3v) is 3.13. The fourth-order valence-corrected chi connectivity index (χ4v) is 2.16. The number of methoxy groups -OCH3 is 1. The van der Waals surface area contributed by atoms with Crippen molar-refractivity contribution in [2.45, 2.75) is 0 Å². The normalized spacial score (nSPS) is 10.7. The molecule has 0 unspecified atom stereocenters. The summed E-state index contributed by atoms with van der Waals surface area (Å²) >= 11 is 0. The summed E-state index contributed by atoms with van der Waals surface area (Å²) in [4.78, 5) is 29.0. The highest BCUT2D eigenvalue weighted by molar-refractivity contribution is 6.11. The summed E-state index contributed by atoms with van der Waals surface area (Å²) in [6.45, 7) is 0. The van der Waals surface area contributed by atoms with Crippen LogP contribution in [0, 0.1) is 0 Å². The van der Waals surface area contributed by atoms with Gasteiger partial charge in [-0.2, -0.15) is 0 Å². The minimum absolute atomic E-state index is 0.147. The first kappa shape index (κ1) is 12.2. The molecule has 100 valence electrons. The van der Waals surface area contributed by atoms with Crippen LogP contribution in [0.5, 0.6) is 5.75 Å². The summed E-state index contributed by atoms with van der Waals surface area (Å²) in [5.41, 5.74) is 1.98. The van der Waals surface area contributed by atoms with Crippen LogP contribution < -0.4 is 10.4 Å². The van der Waals surface area contributed by atoms with Crippen molar-refractivity contribution in [2.24, 2.45) is 0 Å². The number of aromatic nitrogens is 2. The van der Waals surface area contributed by atoms with Crippen molar-refractivity contribution in [1.82, 2.24) is 9.97 Å². The third-order valence-electron chi connectivity index (χ3n) is 3.13. The number of hydrogen-bond acceptors (Lipinski definition) is 3. The van der Waals surface area contributed by atoms with Crippen molar-refractivity contribution in [1.29, 1.82) is 0 Å². The number of fused-ring (bicyclic) bond motifs is 1. The monoisotopic (exact) mass is 268 g/mol.